The van der Waals surface area contributed by atoms with Crippen molar-refractivity contribution in [2.75, 3.05) is 0 Å². The topological polar surface area (TPSA) is 115 Å². The lowest BCUT2D eigenvalue weighted by Crippen LogP contribution is -2.46. The predicted molar refractivity (Wildman–Crippen MR) is 96.4 cm³/mol. The molecule has 7 nitrogen and oxygen atoms in total. The van der Waals surface area contributed by atoms with Crippen molar-refractivity contribution in [3.63, 3.8) is 0 Å². The van der Waals surface area contributed by atoms with Crippen molar-refractivity contribution in [2.45, 2.75) is 12.5 Å². The molecule has 0 fully saturated rings. The molecule has 0 saturated heterocycles. The number of nitrogens with one attached hydrogen (secondary N) is 1. The number of carbonyl (C=O) groups excluding carboxylic acids is 2. The molecule has 0 unspecified atom stereocenters. The van der Waals surface area contributed by atoms with Crippen LogP contribution >= 0.6 is 22.6 Å². The molecule has 2 aromatic rings. The molecule has 0 heterocycles. The van der Waals surface area contributed by atoms with Crippen molar-refractivity contribution in [3.8, 4) is 0 Å². The Balaban J connectivity index is 2.17. The maximum atomic E-state index is 12.3. The molecule has 2 rings (SSSR count). The van der Waals surface area contributed by atoms with Gasteiger partial charge in [-0.15, -0.1) is 0 Å². The molecule has 0 spiro atoms. The Hall–Kier alpha value is -2.49. The highest BCUT2D eigenvalue weighted by Gasteiger charge is 2.21. The number of hydrogen-bond acceptors (Lipinski definition) is 4. The van der Waals surface area contributed by atoms with Crippen molar-refractivity contribution in [2.24, 2.45) is 5.73 Å². The standard InChI is InChI=1S/C16H14IN3O4/c17-13-7-2-1-4-10(13)9-14(15(18)21)19-16(22)11-5-3-6-12(8-11)20(23)24/h1-8,14H,9H2,(H2,18,21)(H,19,22)/t14-/m1/s1. The Bertz CT molecular complexity index is 794. The Morgan fingerprint density at radius 3 is 2.54 bits per heavy atom. The first-order valence-electron chi connectivity index (χ1n) is 6.96. The van der Waals surface area contributed by atoms with Crippen molar-refractivity contribution in [1.29, 1.82) is 0 Å². The van der Waals surface area contributed by atoms with Gasteiger partial charge in [-0.3, -0.25) is 19.7 Å². The minimum Gasteiger partial charge on any atom is -0.368 e. The van der Waals surface area contributed by atoms with Gasteiger partial charge in [-0.2, -0.15) is 0 Å². The highest BCUT2D eigenvalue weighted by Crippen LogP contribution is 2.15. The van der Waals surface area contributed by atoms with Gasteiger partial charge in [-0.05, 0) is 40.3 Å². The van der Waals surface area contributed by atoms with Crippen LogP contribution in [0.5, 0.6) is 0 Å². The zero-order valence-corrected chi connectivity index (χ0v) is 14.6. The van der Waals surface area contributed by atoms with Crippen molar-refractivity contribution in [1.82, 2.24) is 5.32 Å². The van der Waals surface area contributed by atoms with E-state index in [-0.39, 0.29) is 17.7 Å². The third-order valence-electron chi connectivity index (χ3n) is 3.35. The molecule has 24 heavy (non-hydrogen) atoms. The lowest BCUT2D eigenvalue weighted by molar-refractivity contribution is -0.384. The summed E-state index contributed by atoms with van der Waals surface area (Å²) in [6.07, 6.45) is 0.245. The van der Waals surface area contributed by atoms with E-state index in [0.29, 0.717) is 0 Å². The van der Waals surface area contributed by atoms with Crippen LogP contribution in [-0.4, -0.2) is 22.8 Å². The molecule has 8 heteroatoms. The number of nitro groups is 1. The molecule has 0 bridgehead atoms. The van der Waals surface area contributed by atoms with Crippen molar-refractivity contribution < 1.29 is 14.5 Å². The van der Waals surface area contributed by atoms with Gasteiger partial charge in [0, 0.05) is 27.7 Å². The van der Waals surface area contributed by atoms with Crippen LogP contribution in [0.3, 0.4) is 0 Å². The van der Waals surface area contributed by atoms with Crippen LogP contribution in [-0.2, 0) is 11.2 Å². The van der Waals surface area contributed by atoms with Gasteiger partial charge in [0.25, 0.3) is 11.6 Å². The summed E-state index contributed by atoms with van der Waals surface area (Å²) in [7, 11) is 0. The molecule has 0 aromatic heterocycles. The summed E-state index contributed by atoms with van der Waals surface area (Å²) in [5, 5.41) is 13.3. The number of amides is 2. The molecular weight excluding hydrogens is 425 g/mol. The summed E-state index contributed by atoms with van der Waals surface area (Å²) in [6.45, 7) is 0. The molecule has 3 N–H and O–H groups in total. The molecular formula is C16H14IN3O4. The van der Waals surface area contributed by atoms with Crippen molar-refractivity contribution in [3.05, 3.63) is 73.3 Å². The van der Waals surface area contributed by atoms with E-state index in [9.17, 15) is 19.7 Å². The van der Waals surface area contributed by atoms with E-state index in [1.807, 2.05) is 24.3 Å². The second kappa shape index (κ2) is 7.86. The van der Waals surface area contributed by atoms with Crippen LogP contribution in [0.15, 0.2) is 48.5 Å². The van der Waals surface area contributed by atoms with E-state index in [1.165, 1.54) is 18.2 Å². The van der Waals surface area contributed by atoms with Crippen LogP contribution in [0.25, 0.3) is 0 Å². The fraction of sp³-hybridized carbons (Fsp3) is 0.125. The van der Waals surface area contributed by atoms with Crippen LogP contribution in [0.4, 0.5) is 5.69 Å². The molecule has 124 valence electrons. The predicted octanol–water partition coefficient (Wildman–Crippen LogP) is 2.03. The minimum absolute atomic E-state index is 0.0956. The Morgan fingerprint density at radius 1 is 1.21 bits per heavy atom. The summed E-state index contributed by atoms with van der Waals surface area (Å²) in [4.78, 5) is 34.1. The maximum absolute atomic E-state index is 12.3. The van der Waals surface area contributed by atoms with Gasteiger partial charge < -0.3 is 11.1 Å². The smallest absolute Gasteiger partial charge is 0.270 e. The second-order valence-corrected chi connectivity index (χ2v) is 6.19. The number of rotatable bonds is 6. The van der Waals surface area contributed by atoms with Crippen LogP contribution in [0.1, 0.15) is 15.9 Å². The van der Waals surface area contributed by atoms with Gasteiger partial charge in [0.15, 0.2) is 0 Å². The molecule has 2 aromatic carbocycles. The van der Waals surface area contributed by atoms with Gasteiger partial charge in [-0.25, -0.2) is 0 Å². The molecule has 0 aliphatic rings. The number of halogens is 1. The number of nitrogens with two attached hydrogens (primary N) is 1. The lowest BCUT2D eigenvalue weighted by Gasteiger charge is -2.16. The molecule has 0 aliphatic heterocycles. The average molecular weight is 439 g/mol. The summed E-state index contributed by atoms with van der Waals surface area (Å²) in [6, 6.07) is 11.8. The van der Waals surface area contributed by atoms with E-state index >= 15 is 0 Å². The molecule has 0 saturated carbocycles. The van der Waals surface area contributed by atoms with E-state index in [4.69, 9.17) is 5.73 Å². The average Bonchev–Trinajstić information content (AvgIpc) is 2.56. The highest BCUT2D eigenvalue weighted by molar-refractivity contribution is 14.1. The normalized spacial score (nSPS) is 11.5. The first kappa shape index (κ1) is 17.9. The van der Waals surface area contributed by atoms with Crippen LogP contribution in [0.2, 0.25) is 0 Å². The minimum atomic E-state index is -0.910. The van der Waals surface area contributed by atoms with E-state index < -0.39 is 22.8 Å². The Labute approximate surface area is 151 Å². The fourth-order valence-electron chi connectivity index (χ4n) is 2.11. The largest absolute Gasteiger partial charge is 0.368 e. The second-order valence-electron chi connectivity index (χ2n) is 5.03. The third kappa shape index (κ3) is 4.51. The summed E-state index contributed by atoms with van der Waals surface area (Å²) < 4.78 is 0.950. The number of hydrogen-bond donors (Lipinski definition) is 2. The number of primary amides is 1. The van der Waals surface area contributed by atoms with Gasteiger partial charge in [0.2, 0.25) is 5.91 Å². The van der Waals surface area contributed by atoms with Gasteiger partial charge in [0.05, 0.1) is 4.92 Å². The molecule has 2 amide bonds. The van der Waals surface area contributed by atoms with Crippen LogP contribution < -0.4 is 11.1 Å². The Kier molecular flexibility index (Phi) is 5.85. The number of benzene rings is 2. The molecule has 0 radical (unpaired) electrons. The monoisotopic (exact) mass is 439 g/mol. The van der Waals surface area contributed by atoms with E-state index in [0.717, 1.165) is 15.2 Å². The maximum Gasteiger partial charge on any atom is 0.270 e. The lowest BCUT2D eigenvalue weighted by atomic mass is 10.0. The number of nitro benzene ring substituents is 1. The summed E-state index contributed by atoms with van der Waals surface area (Å²) >= 11 is 2.13. The third-order valence-corrected chi connectivity index (χ3v) is 4.40. The fourth-order valence-corrected chi connectivity index (χ4v) is 2.72. The first-order chi connectivity index (χ1) is 11.4. The zero-order chi connectivity index (χ0) is 17.7. The van der Waals surface area contributed by atoms with Gasteiger partial charge in [0.1, 0.15) is 6.04 Å². The summed E-state index contributed by atoms with van der Waals surface area (Å²) in [5.74, 6) is -1.26. The number of non-ortho nitro benzene ring substituents is 1. The highest BCUT2D eigenvalue weighted by atomic mass is 127. The van der Waals surface area contributed by atoms with Gasteiger partial charge >= 0.3 is 0 Å². The van der Waals surface area contributed by atoms with Gasteiger partial charge in [-0.1, -0.05) is 24.3 Å². The first-order valence-corrected chi connectivity index (χ1v) is 8.04. The Morgan fingerprint density at radius 2 is 1.92 bits per heavy atom. The number of nitrogens with zero attached hydrogens (tertiary/aromatic N) is 1. The van der Waals surface area contributed by atoms with E-state index in [2.05, 4.69) is 27.9 Å². The van der Waals surface area contributed by atoms with E-state index in [1.54, 1.807) is 0 Å². The quantitative estimate of drug-likeness (QED) is 0.407. The zero-order valence-electron chi connectivity index (χ0n) is 12.4. The number of carbonyl (C=O) groups is 2. The van der Waals surface area contributed by atoms with Crippen molar-refractivity contribution >= 4 is 40.1 Å². The summed E-state index contributed by atoms with van der Waals surface area (Å²) in [5.41, 5.74) is 6.15. The molecule has 1 atom stereocenters. The van der Waals surface area contributed by atoms with Crippen LogP contribution in [0, 0.1) is 13.7 Å². The SMILES string of the molecule is NC(=O)[C@@H](Cc1ccccc1I)NC(=O)c1cccc([N+](=O)[O-])c1. The molecule has 0 aliphatic carbocycles.